The van der Waals surface area contributed by atoms with Crippen LogP contribution in [0.15, 0.2) is 48.5 Å². The molecule has 0 aliphatic carbocycles. The molecule has 0 bridgehead atoms. The van der Waals surface area contributed by atoms with Crippen LogP contribution in [0, 0.1) is 4.77 Å². The van der Waals surface area contributed by atoms with Crippen LogP contribution < -0.4 is 9.64 Å². The van der Waals surface area contributed by atoms with Gasteiger partial charge in [0, 0.05) is 30.8 Å². The van der Waals surface area contributed by atoms with Crippen molar-refractivity contribution in [3.8, 4) is 17.1 Å². The lowest BCUT2D eigenvalue weighted by Gasteiger charge is -2.29. The van der Waals surface area contributed by atoms with Crippen molar-refractivity contribution in [3.63, 3.8) is 0 Å². The molecule has 1 aliphatic rings. The standard InChI is InChI=1S/C22H24N4O2S/c1-2-28-18-11-9-17(10-12-18)21-23-24-22(29)26(21)15-13-20(27)25-14-5-7-16-6-3-4-8-19(16)25/h3-4,6,8-12H,2,5,7,13-15H2,1H3,(H,24,29). The summed E-state index contributed by atoms with van der Waals surface area (Å²) in [6.07, 6.45) is 2.38. The first-order valence-electron chi connectivity index (χ1n) is 9.94. The zero-order valence-corrected chi connectivity index (χ0v) is 17.2. The Labute approximate surface area is 175 Å². The summed E-state index contributed by atoms with van der Waals surface area (Å²) in [6.45, 7) is 3.82. The Hall–Kier alpha value is -2.93. The van der Waals surface area contributed by atoms with E-state index in [2.05, 4.69) is 16.3 Å². The van der Waals surface area contributed by atoms with E-state index in [1.165, 1.54) is 5.56 Å². The van der Waals surface area contributed by atoms with Crippen LogP contribution in [0.4, 0.5) is 5.69 Å². The molecule has 150 valence electrons. The van der Waals surface area contributed by atoms with Gasteiger partial charge in [0.05, 0.1) is 6.61 Å². The van der Waals surface area contributed by atoms with Gasteiger partial charge in [0.25, 0.3) is 0 Å². The molecule has 0 unspecified atom stereocenters. The SMILES string of the molecule is CCOc1ccc(-c2n[nH]c(=S)n2CCC(=O)N2CCCc3ccccc32)cc1. The van der Waals surface area contributed by atoms with Crippen LogP contribution >= 0.6 is 12.2 Å². The minimum atomic E-state index is 0.109. The Morgan fingerprint density at radius 1 is 1.21 bits per heavy atom. The zero-order valence-electron chi connectivity index (χ0n) is 16.4. The Morgan fingerprint density at radius 2 is 2.00 bits per heavy atom. The predicted molar refractivity (Wildman–Crippen MR) is 116 cm³/mol. The minimum absolute atomic E-state index is 0.109. The van der Waals surface area contributed by atoms with Gasteiger partial charge in [-0.1, -0.05) is 18.2 Å². The fourth-order valence-electron chi connectivity index (χ4n) is 3.75. The number of benzene rings is 2. The van der Waals surface area contributed by atoms with Crippen molar-refractivity contribution in [3.05, 3.63) is 58.9 Å². The van der Waals surface area contributed by atoms with Crippen molar-refractivity contribution < 1.29 is 9.53 Å². The van der Waals surface area contributed by atoms with E-state index >= 15 is 0 Å². The third kappa shape index (κ3) is 4.10. The fourth-order valence-corrected chi connectivity index (χ4v) is 3.97. The predicted octanol–water partition coefficient (Wildman–Crippen LogP) is 4.38. The summed E-state index contributed by atoms with van der Waals surface area (Å²) >= 11 is 5.41. The maximum Gasteiger partial charge on any atom is 0.228 e. The number of carbonyl (C=O) groups is 1. The number of H-pyrrole nitrogens is 1. The molecule has 1 N–H and O–H groups in total. The molecule has 0 radical (unpaired) electrons. The third-order valence-corrected chi connectivity index (χ3v) is 5.45. The zero-order chi connectivity index (χ0) is 20.2. The molecule has 0 saturated heterocycles. The van der Waals surface area contributed by atoms with Crippen molar-refractivity contribution in [2.45, 2.75) is 32.7 Å². The van der Waals surface area contributed by atoms with Crippen molar-refractivity contribution in [2.75, 3.05) is 18.1 Å². The number of fused-ring (bicyclic) bond motifs is 1. The smallest absolute Gasteiger partial charge is 0.228 e. The van der Waals surface area contributed by atoms with Gasteiger partial charge in [-0.3, -0.25) is 14.5 Å². The van der Waals surface area contributed by atoms with E-state index in [4.69, 9.17) is 17.0 Å². The van der Waals surface area contributed by atoms with Gasteiger partial charge in [-0.05, 0) is 67.9 Å². The summed E-state index contributed by atoms with van der Waals surface area (Å²) in [5.74, 6) is 1.65. The van der Waals surface area contributed by atoms with Crippen molar-refractivity contribution >= 4 is 23.8 Å². The summed E-state index contributed by atoms with van der Waals surface area (Å²) in [5.41, 5.74) is 3.20. The summed E-state index contributed by atoms with van der Waals surface area (Å²) in [5, 5.41) is 7.22. The van der Waals surface area contributed by atoms with E-state index in [0.717, 1.165) is 42.2 Å². The summed E-state index contributed by atoms with van der Waals surface area (Å²) in [6, 6.07) is 15.9. The lowest BCUT2D eigenvalue weighted by molar-refractivity contribution is -0.118. The van der Waals surface area contributed by atoms with Gasteiger partial charge in [-0.15, -0.1) is 0 Å². The van der Waals surface area contributed by atoms with Crippen molar-refractivity contribution in [2.24, 2.45) is 0 Å². The number of ether oxygens (including phenoxy) is 1. The van der Waals surface area contributed by atoms with Gasteiger partial charge in [-0.25, -0.2) is 0 Å². The molecule has 7 heteroatoms. The third-order valence-electron chi connectivity index (χ3n) is 5.14. The summed E-state index contributed by atoms with van der Waals surface area (Å²) in [4.78, 5) is 14.9. The molecule has 0 saturated carbocycles. The number of aromatic nitrogens is 3. The molecule has 0 spiro atoms. The lowest BCUT2D eigenvalue weighted by atomic mass is 10.0. The van der Waals surface area contributed by atoms with E-state index < -0.39 is 0 Å². The van der Waals surface area contributed by atoms with Crippen LogP contribution in [-0.2, 0) is 17.8 Å². The van der Waals surface area contributed by atoms with Gasteiger partial charge in [0.15, 0.2) is 10.6 Å². The Balaban J connectivity index is 1.50. The quantitative estimate of drug-likeness (QED) is 0.615. The number of nitrogens with one attached hydrogen (secondary N) is 1. The molecule has 4 rings (SSSR count). The number of aromatic amines is 1. The number of nitrogens with zero attached hydrogens (tertiary/aromatic N) is 3. The number of rotatable bonds is 6. The molecule has 1 aromatic heterocycles. The van der Waals surface area contributed by atoms with Gasteiger partial charge < -0.3 is 9.64 Å². The van der Waals surface area contributed by atoms with Crippen LogP contribution in [-0.4, -0.2) is 33.8 Å². The number of aryl methyl sites for hydroxylation is 1. The van der Waals surface area contributed by atoms with E-state index in [1.807, 2.05) is 58.9 Å². The second-order valence-electron chi connectivity index (χ2n) is 6.99. The topological polar surface area (TPSA) is 63.1 Å². The number of carbonyl (C=O) groups excluding carboxylic acids is 1. The molecule has 2 heterocycles. The maximum atomic E-state index is 13.0. The number of anilines is 1. The molecular weight excluding hydrogens is 384 g/mol. The molecule has 3 aromatic rings. The first kappa shape index (κ1) is 19.4. The highest BCUT2D eigenvalue weighted by Gasteiger charge is 2.22. The highest BCUT2D eigenvalue weighted by molar-refractivity contribution is 7.71. The average molecular weight is 409 g/mol. The van der Waals surface area contributed by atoms with Gasteiger partial charge in [-0.2, -0.15) is 5.10 Å². The van der Waals surface area contributed by atoms with Gasteiger partial charge in [0.1, 0.15) is 5.75 Å². The monoisotopic (exact) mass is 408 g/mol. The van der Waals surface area contributed by atoms with Crippen LogP contribution in [0.1, 0.15) is 25.3 Å². The first-order chi connectivity index (χ1) is 14.2. The number of amides is 1. The van der Waals surface area contributed by atoms with Gasteiger partial charge in [0.2, 0.25) is 5.91 Å². The first-order valence-corrected chi connectivity index (χ1v) is 10.3. The van der Waals surface area contributed by atoms with Crippen molar-refractivity contribution in [1.29, 1.82) is 0 Å². The number of para-hydroxylation sites is 1. The maximum absolute atomic E-state index is 13.0. The van der Waals surface area contributed by atoms with Crippen LogP contribution in [0.5, 0.6) is 5.75 Å². The van der Waals surface area contributed by atoms with E-state index in [0.29, 0.717) is 24.3 Å². The molecule has 29 heavy (non-hydrogen) atoms. The van der Waals surface area contributed by atoms with Crippen molar-refractivity contribution in [1.82, 2.24) is 14.8 Å². The number of hydrogen-bond donors (Lipinski definition) is 1. The Kier molecular flexibility index (Phi) is 5.76. The minimum Gasteiger partial charge on any atom is -0.494 e. The van der Waals surface area contributed by atoms with Crippen LogP contribution in [0.2, 0.25) is 0 Å². The molecule has 6 nitrogen and oxygen atoms in total. The molecule has 0 fully saturated rings. The van der Waals surface area contributed by atoms with Gasteiger partial charge >= 0.3 is 0 Å². The lowest BCUT2D eigenvalue weighted by Crippen LogP contribution is -2.35. The largest absolute Gasteiger partial charge is 0.494 e. The highest BCUT2D eigenvalue weighted by atomic mass is 32.1. The molecule has 1 amide bonds. The second kappa shape index (κ2) is 8.61. The summed E-state index contributed by atoms with van der Waals surface area (Å²) in [7, 11) is 0. The number of hydrogen-bond acceptors (Lipinski definition) is 4. The second-order valence-corrected chi connectivity index (χ2v) is 7.38. The molecular formula is C22H24N4O2S. The molecule has 0 atom stereocenters. The fraction of sp³-hybridized carbons (Fsp3) is 0.318. The molecule has 1 aliphatic heterocycles. The normalized spacial score (nSPS) is 13.2. The van der Waals surface area contributed by atoms with E-state index in [1.54, 1.807) is 0 Å². The molecule has 2 aromatic carbocycles. The van der Waals surface area contributed by atoms with E-state index in [9.17, 15) is 4.79 Å². The van der Waals surface area contributed by atoms with Crippen LogP contribution in [0.3, 0.4) is 0 Å². The Morgan fingerprint density at radius 3 is 2.79 bits per heavy atom. The summed E-state index contributed by atoms with van der Waals surface area (Å²) < 4.78 is 7.90. The Bertz CT molecular complexity index is 1060. The van der Waals surface area contributed by atoms with Crippen LogP contribution in [0.25, 0.3) is 11.4 Å². The average Bonchev–Trinajstić information content (AvgIpc) is 3.12. The highest BCUT2D eigenvalue weighted by Crippen LogP contribution is 2.27. The van der Waals surface area contributed by atoms with E-state index in [-0.39, 0.29) is 5.91 Å².